The van der Waals surface area contributed by atoms with Crippen molar-refractivity contribution in [3.05, 3.63) is 48.6 Å². The fourth-order valence-electron chi connectivity index (χ4n) is 5.43. The van der Waals surface area contributed by atoms with Crippen LogP contribution in [0.15, 0.2) is 48.6 Å². The molecule has 0 fully saturated rings. The summed E-state index contributed by atoms with van der Waals surface area (Å²) in [6, 6.07) is 0. The molecule has 0 saturated heterocycles. The molecule has 0 heterocycles. The Kier molecular flexibility index (Phi) is 35.2. The first kappa shape index (κ1) is 52.0. The number of hydrogen-bond donors (Lipinski definition) is 1. The first-order valence-electron chi connectivity index (χ1n) is 21.4. The highest BCUT2D eigenvalue weighted by molar-refractivity contribution is 7.47. The molecule has 0 aliphatic rings. The molecule has 0 rings (SSSR count). The van der Waals surface area contributed by atoms with Crippen LogP contribution in [-0.4, -0.2) is 74.9 Å². The second-order valence-electron chi connectivity index (χ2n) is 15.4. The lowest BCUT2D eigenvalue weighted by molar-refractivity contribution is -0.870. The summed E-state index contributed by atoms with van der Waals surface area (Å²) in [6.45, 7) is 4.32. The van der Waals surface area contributed by atoms with Crippen LogP contribution < -0.4 is 0 Å². The first-order chi connectivity index (χ1) is 26.0. The summed E-state index contributed by atoms with van der Waals surface area (Å²) >= 11 is 0. The van der Waals surface area contributed by atoms with Crippen LogP contribution in [0.3, 0.4) is 0 Å². The summed E-state index contributed by atoms with van der Waals surface area (Å²) in [5.74, 6) is -0.856. The summed E-state index contributed by atoms with van der Waals surface area (Å²) in [7, 11) is 1.44. The molecule has 0 amide bonds. The molecule has 0 saturated carbocycles. The number of nitrogens with zero attached hydrogens (tertiary/aromatic N) is 1. The number of phosphoric acid groups is 1. The molecule has 2 atom stereocenters. The van der Waals surface area contributed by atoms with Crippen molar-refractivity contribution in [1.82, 2.24) is 0 Å². The van der Waals surface area contributed by atoms with E-state index in [4.69, 9.17) is 18.5 Å². The summed E-state index contributed by atoms with van der Waals surface area (Å²) in [5, 5.41) is 0. The van der Waals surface area contributed by atoms with Crippen molar-refractivity contribution in [2.24, 2.45) is 0 Å². The van der Waals surface area contributed by atoms with Gasteiger partial charge in [-0.25, -0.2) is 4.57 Å². The molecule has 0 spiro atoms. The Morgan fingerprint density at radius 2 is 1.00 bits per heavy atom. The van der Waals surface area contributed by atoms with Crippen molar-refractivity contribution < 1.29 is 42.1 Å². The highest BCUT2D eigenvalue weighted by Gasteiger charge is 2.27. The van der Waals surface area contributed by atoms with Crippen LogP contribution in [0.1, 0.15) is 168 Å². The van der Waals surface area contributed by atoms with Gasteiger partial charge in [-0.2, -0.15) is 0 Å². The van der Waals surface area contributed by atoms with Crippen LogP contribution in [0.4, 0.5) is 0 Å². The van der Waals surface area contributed by atoms with Gasteiger partial charge in [0.2, 0.25) is 0 Å². The standard InChI is InChI=1S/C44H80NO8P/c1-6-8-10-12-14-16-18-20-22-24-26-28-30-32-34-36-43(46)50-40-42(41-52-54(48,49)51-39-38-45(3,4)5)53-44(47)37-35-33-31-29-27-25-23-21-19-17-15-13-11-9-7-2/h14,16,20-23,26,28,42H,6-13,15,17-19,24-25,27,29-41H2,1-5H3/p+1/b16-14+,22-20+,23-21+,28-26+/t42-/m1/s1. The molecule has 9 nitrogen and oxygen atoms in total. The molecule has 0 aromatic carbocycles. The average molecular weight is 783 g/mol. The van der Waals surface area contributed by atoms with Crippen LogP contribution in [-0.2, 0) is 32.7 Å². The Hall–Kier alpha value is -2.03. The van der Waals surface area contributed by atoms with Crippen LogP contribution in [0.25, 0.3) is 0 Å². The molecule has 0 aliphatic carbocycles. The Morgan fingerprint density at radius 1 is 0.574 bits per heavy atom. The molecule has 10 heteroatoms. The van der Waals surface area contributed by atoms with Gasteiger partial charge < -0.3 is 18.9 Å². The van der Waals surface area contributed by atoms with E-state index in [1.807, 2.05) is 21.1 Å². The van der Waals surface area contributed by atoms with Gasteiger partial charge in [-0.05, 0) is 77.0 Å². The normalized spacial score (nSPS) is 14.1. The molecule has 1 N–H and O–H groups in total. The number of allylic oxidation sites excluding steroid dienone is 8. The van der Waals surface area contributed by atoms with E-state index in [1.54, 1.807) is 0 Å². The molecular weight excluding hydrogens is 701 g/mol. The van der Waals surface area contributed by atoms with Crippen molar-refractivity contribution in [2.75, 3.05) is 47.5 Å². The molecule has 0 aromatic heterocycles. The average Bonchev–Trinajstić information content (AvgIpc) is 3.12. The third kappa shape index (κ3) is 39.7. The van der Waals surface area contributed by atoms with Crippen LogP contribution in [0, 0.1) is 0 Å². The number of hydrogen-bond acceptors (Lipinski definition) is 7. The molecular formula is C44H81NO8P+. The summed E-state index contributed by atoms with van der Waals surface area (Å²) < 4.78 is 34.2. The number of carbonyl (C=O) groups excluding carboxylic acids is 2. The highest BCUT2D eigenvalue weighted by atomic mass is 31.2. The largest absolute Gasteiger partial charge is 0.472 e. The van der Waals surface area contributed by atoms with E-state index in [1.165, 1.54) is 64.2 Å². The quantitative estimate of drug-likeness (QED) is 0.0217. The molecule has 54 heavy (non-hydrogen) atoms. The van der Waals surface area contributed by atoms with Crippen LogP contribution >= 0.6 is 7.82 Å². The topological polar surface area (TPSA) is 108 Å². The maximum Gasteiger partial charge on any atom is 0.472 e. The van der Waals surface area contributed by atoms with Gasteiger partial charge in [-0.3, -0.25) is 18.6 Å². The molecule has 0 aliphatic heterocycles. The zero-order valence-corrected chi connectivity index (χ0v) is 36.1. The molecule has 0 radical (unpaired) electrons. The van der Waals surface area contributed by atoms with Crippen molar-refractivity contribution in [3.63, 3.8) is 0 Å². The van der Waals surface area contributed by atoms with E-state index in [-0.39, 0.29) is 26.1 Å². The molecule has 1 unspecified atom stereocenters. The minimum absolute atomic E-state index is 0.0228. The Balaban J connectivity index is 4.47. The monoisotopic (exact) mass is 783 g/mol. The minimum Gasteiger partial charge on any atom is -0.462 e. The molecule has 0 aromatic rings. The zero-order valence-electron chi connectivity index (χ0n) is 35.2. The number of unbranched alkanes of at least 4 members (excludes halogenated alkanes) is 16. The van der Waals surface area contributed by atoms with E-state index in [2.05, 4.69) is 62.5 Å². The summed E-state index contributed by atoms with van der Waals surface area (Å²) in [6.07, 6.45) is 41.6. The first-order valence-corrected chi connectivity index (χ1v) is 22.9. The third-order valence-corrected chi connectivity index (χ3v) is 9.82. The molecule has 314 valence electrons. The maximum absolute atomic E-state index is 12.7. The Bertz CT molecular complexity index is 1070. The highest BCUT2D eigenvalue weighted by Crippen LogP contribution is 2.43. The second kappa shape index (κ2) is 36.6. The van der Waals surface area contributed by atoms with Gasteiger partial charge >= 0.3 is 19.8 Å². The number of phosphoric ester groups is 1. The fraction of sp³-hybridized carbons (Fsp3) is 0.773. The third-order valence-electron chi connectivity index (χ3n) is 8.83. The Labute approximate surface area is 331 Å². The summed E-state index contributed by atoms with van der Waals surface area (Å²) in [5.41, 5.74) is 0. The zero-order chi connectivity index (χ0) is 40.0. The Morgan fingerprint density at radius 3 is 1.57 bits per heavy atom. The van der Waals surface area contributed by atoms with E-state index >= 15 is 0 Å². The predicted octanol–water partition coefficient (Wildman–Crippen LogP) is 11.9. The SMILES string of the molecule is CCCCC/C=C/C/C=C/C/C=C/CCCCC(=O)OC[C@H](COP(=O)(O)OCC[N+](C)(C)C)OC(=O)CCCCCCC/C=C/CCCCCCCC. The van der Waals surface area contributed by atoms with Crippen molar-refractivity contribution in [1.29, 1.82) is 0 Å². The number of rotatable bonds is 38. The van der Waals surface area contributed by atoms with Crippen molar-refractivity contribution >= 4 is 19.8 Å². The number of quaternary nitrogens is 1. The smallest absolute Gasteiger partial charge is 0.462 e. The van der Waals surface area contributed by atoms with E-state index in [0.717, 1.165) is 64.2 Å². The van der Waals surface area contributed by atoms with Crippen LogP contribution in [0.5, 0.6) is 0 Å². The van der Waals surface area contributed by atoms with Gasteiger partial charge in [0.1, 0.15) is 19.8 Å². The van der Waals surface area contributed by atoms with E-state index in [0.29, 0.717) is 23.9 Å². The number of esters is 2. The van der Waals surface area contributed by atoms with Gasteiger partial charge in [0, 0.05) is 12.8 Å². The lowest BCUT2D eigenvalue weighted by Gasteiger charge is -2.24. The lowest BCUT2D eigenvalue weighted by Crippen LogP contribution is -2.37. The van der Waals surface area contributed by atoms with Crippen LogP contribution in [0.2, 0.25) is 0 Å². The van der Waals surface area contributed by atoms with Crippen molar-refractivity contribution in [3.8, 4) is 0 Å². The predicted molar refractivity (Wildman–Crippen MR) is 224 cm³/mol. The van der Waals surface area contributed by atoms with E-state index < -0.39 is 32.5 Å². The van der Waals surface area contributed by atoms with Gasteiger partial charge in [-0.1, -0.05) is 127 Å². The second-order valence-corrected chi connectivity index (χ2v) is 16.8. The molecule has 0 bridgehead atoms. The van der Waals surface area contributed by atoms with Gasteiger partial charge in [-0.15, -0.1) is 0 Å². The van der Waals surface area contributed by atoms with Crippen molar-refractivity contribution in [2.45, 2.75) is 174 Å². The van der Waals surface area contributed by atoms with E-state index in [9.17, 15) is 19.0 Å². The summed E-state index contributed by atoms with van der Waals surface area (Å²) in [4.78, 5) is 35.3. The maximum atomic E-state index is 12.7. The fourth-order valence-corrected chi connectivity index (χ4v) is 6.17. The number of likely N-dealkylation sites (N-methyl/N-ethyl adjacent to an activating group) is 1. The number of carbonyl (C=O) groups is 2. The van der Waals surface area contributed by atoms with Gasteiger partial charge in [0.05, 0.1) is 27.7 Å². The lowest BCUT2D eigenvalue weighted by atomic mass is 10.1. The van der Waals surface area contributed by atoms with Gasteiger partial charge in [0.15, 0.2) is 6.10 Å². The minimum atomic E-state index is -4.38. The van der Waals surface area contributed by atoms with Gasteiger partial charge in [0.25, 0.3) is 0 Å². The number of ether oxygens (including phenoxy) is 2.